The summed E-state index contributed by atoms with van der Waals surface area (Å²) in [6.07, 6.45) is 0. The molecule has 56 valence electrons. The van der Waals surface area contributed by atoms with Crippen LogP contribution in [-0.2, 0) is 4.79 Å². The van der Waals surface area contributed by atoms with E-state index in [1.54, 1.807) is 6.92 Å². The quantitative estimate of drug-likeness (QED) is 0.518. The fraction of sp³-hybridized carbons (Fsp3) is 0.750. The van der Waals surface area contributed by atoms with E-state index < -0.39 is 12.0 Å². The molecule has 0 saturated carbocycles. The van der Waals surface area contributed by atoms with E-state index in [1.807, 2.05) is 0 Å². The zero-order valence-corrected chi connectivity index (χ0v) is 6.65. The molecule has 0 amide bonds. The molecule has 0 aromatic carbocycles. The molecule has 0 aliphatic carbocycles. The lowest BCUT2D eigenvalue weighted by molar-refractivity contribution is -0.138. The second-order valence-electron chi connectivity index (χ2n) is 1.60. The highest BCUT2D eigenvalue weighted by atomic mass is 35.5. The normalized spacial score (nSPS) is 15.4. The van der Waals surface area contributed by atoms with Crippen molar-refractivity contribution in [2.45, 2.75) is 18.2 Å². The van der Waals surface area contributed by atoms with E-state index in [-0.39, 0.29) is 17.7 Å². The van der Waals surface area contributed by atoms with E-state index in [0.717, 1.165) is 0 Å². The molecule has 9 heavy (non-hydrogen) atoms. The average Bonchev–Trinajstić information content (AvgIpc) is 1.64. The van der Waals surface area contributed by atoms with E-state index in [2.05, 4.69) is 12.6 Å². The number of hydrogen-bond acceptors (Lipinski definition) is 3. The van der Waals surface area contributed by atoms with Crippen LogP contribution >= 0.6 is 25.0 Å². The first-order valence-electron chi connectivity index (χ1n) is 2.22. The molecule has 0 radical (unpaired) electrons. The summed E-state index contributed by atoms with van der Waals surface area (Å²) in [5, 5.41) is 7.89. The minimum absolute atomic E-state index is 0. The van der Waals surface area contributed by atoms with Gasteiger partial charge in [-0.15, -0.1) is 12.4 Å². The molecular weight excluding hydrogens is 162 g/mol. The number of carbonyl (C=O) groups is 1. The van der Waals surface area contributed by atoms with Gasteiger partial charge in [-0.1, -0.05) is 6.92 Å². The molecule has 2 atom stereocenters. The third kappa shape index (κ3) is 4.57. The number of aliphatic carboxylic acids is 1. The van der Waals surface area contributed by atoms with Gasteiger partial charge in [-0.05, 0) is 0 Å². The predicted octanol–water partition coefficient (Wildman–Crippen LogP) is 0.138. The number of thiol groups is 1. The van der Waals surface area contributed by atoms with Gasteiger partial charge in [0.1, 0.15) is 6.04 Å². The molecule has 0 bridgehead atoms. The van der Waals surface area contributed by atoms with E-state index in [4.69, 9.17) is 10.8 Å². The molecule has 0 aromatic rings. The molecule has 0 fully saturated rings. The number of rotatable bonds is 2. The molecule has 0 rings (SSSR count). The molecule has 0 saturated heterocycles. The van der Waals surface area contributed by atoms with Crippen LogP contribution in [0.4, 0.5) is 0 Å². The highest BCUT2D eigenvalue weighted by Crippen LogP contribution is 1.96. The van der Waals surface area contributed by atoms with Gasteiger partial charge < -0.3 is 10.8 Å². The summed E-state index contributed by atoms with van der Waals surface area (Å²) in [6.45, 7) is 1.64. The number of hydrogen-bond donors (Lipinski definition) is 3. The molecule has 0 aliphatic heterocycles. The van der Waals surface area contributed by atoms with Crippen molar-refractivity contribution in [3.63, 3.8) is 0 Å². The topological polar surface area (TPSA) is 63.3 Å². The zero-order valence-electron chi connectivity index (χ0n) is 4.94. The maximum atomic E-state index is 9.97. The van der Waals surface area contributed by atoms with Gasteiger partial charge in [0.25, 0.3) is 0 Å². The van der Waals surface area contributed by atoms with Crippen molar-refractivity contribution in [1.82, 2.24) is 0 Å². The van der Waals surface area contributed by atoms with Gasteiger partial charge >= 0.3 is 5.97 Å². The van der Waals surface area contributed by atoms with Crippen LogP contribution in [0, 0.1) is 0 Å². The van der Waals surface area contributed by atoms with Crippen LogP contribution < -0.4 is 5.73 Å². The molecule has 0 aliphatic rings. The summed E-state index contributed by atoms with van der Waals surface area (Å²) in [7, 11) is 0. The van der Waals surface area contributed by atoms with E-state index in [9.17, 15) is 4.79 Å². The largest absolute Gasteiger partial charge is 0.480 e. The molecule has 3 N–H and O–H groups in total. The van der Waals surface area contributed by atoms with Gasteiger partial charge in [-0.3, -0.25) is 4.79 Å². The van der Waals surface area contributed by atoms with Crippen molar-refractivity contribution < 1.29 is 9.90 Å². The zero-order chi connectivity index (χ0) is 6.73. The van der Waals surface area contributed by atoms with E-state index in [0.29, 0.717) is 0 Å². The maximum absolute atomic E-state index is 9.97. The summed E-state index contributed by atoms with van der Waals surface area (Å²) >= 11 is 3.83. The molecule has 0 heterocycles. The Morgan fingerprint density at radius 1 is 1.78 bits per heavy atom. The van der Waals surface area contributed by atoms with Crippen LogP contribution in [0.15, 0.2) is 0 Å². The van der Waals surface area contributed by atoms with Crippen molar-refractivity contribution in [3.8, 4) is 0 Å². The van der Waals surface area contributed by atoms with Gasteiger partial charge in [-0.25, -0.2) is 0 Å². The lowest BCUT2D eigenvalue weighted by Gasteiger charge is -2.07. The lowest BCUT2D eigenvalue weighted by atomic mass is 10.2. The first-order valence-corrected chi connectivity index (χ1v) is 2.74. The summed E-state index contributed by atoms with van der Waals surface area (Å²) in [5.41, 5.74) is 5.08. The third-order valence-corrected chi connectivity index (χ3v) is 1.13. The molecule has 3 nitrogen and oxygen atoms in total. The van der Waals surface area contributed by atoms with Gasteiger partial charge in [0.15, 0.2) is 0 Å². The number of carboxylic acids is 1. The van der Waals surface area contributed by atoms with Crippen LogP contribution in [0.1, 0.15) is 6.92 Å². The SMILES string of the molecule is C[C@@H](S)[C@H](N)C(=O)O.Cl. The minimum atomic E-state index is -1.01. The maximum Gasteiger partial charge on any atom is 0.321 e. The predicted molar refractivity (Wildman–Crippen MR) is 41.3 cm³/mol. The first kappa shape index (κ1) is 11.8. The van der Waals surface area contributed by atoms with Gasteiger partial charge in [0.05, 0.1) is 0 Å². The van der Waals surface area contributed by atoms with E-state index in [1.165, 1.54) is 0 Å². The average molecular weight is 172 g/mol. The summed E-state index contributed by atoms with van der Waals surface area (Å²) in [5.74, 6) is -1.01. The van der Waals surface area contributed by atoms with Crippen LogP contribution in [-0.4, -0.2) is 22.4 Å². The smallest absolute Gasteiger partial charge is 0.321 e. The standard InChI is InChI=1S/C4H9NO2S.ClH/c1-2(8)3(5)4(6)7;/h2-3,8H,5H2,1H3,(H,6,7);1H/t2-,3+;/m1./s1. The fourth-order valence-electron chi connectivity index (χ4n) is 0.206. The summed E-state index contributed by atoms with van der Waals surface area (Å²) in [4.78, 5) is 9.97. The summed E-state index contributed by atoms with van der Waals surface area (Å²) < 4.78 is 0. The monoisotopic (exact) mass is 171 g/mol. The number of carboxylic acid groups (broad SMARTS) is 1. The van der Waals surface area contributed by atoms with Crippen LogP contribution in [0.2, 0.25) is 0 Å². The molecule has 0 unspecified atom stereocenters. The fourth-order valence-corrected chi connectivity index (χ4v) is 0.334. The lowest BCUT2D eigenvalue weighted by Crippen LogP contribution is -2.37. The molecule has 0 aromatic heterocycles. The van der Waals surface area contributed by atoms with Crippen molar-refractivity contribution in [2.24, 2.45) is 5.73 Å². The molecule has 0 spiro atoms. The number of halogens is 1. The van der Waals surface area contributed by atoms with E-state index >= 15 is 0 Å². The van der Waals surface area contributed by atoms with Gasteiger partial charge in [-0.2, -0.15) is 12.6 Å². The highest BCUT2D eigenvalue weighted by molar-refractivity contribution is 7.81. The Hall–Kier alpha value is 0.0700. The van der Waals surface area contributed by atoms with Crippen LogP contribution in [0.25, 0.3) is 0 Å². The van der Waals surface area contributed by atoms with Crippen LogP contribution in [0.5, 0.6) is 0 Å². The van der Waals surface area contributed by atoms with Crippen molar-refractivity contribution in [3.05, 3.63) is 0 Å². The minimum Gasteiger partial charge on any atom is -0.480 e. The second-order valence-corrected chi connectivity index (χ2v) is 2.42. The highest BCUT2D eigenvalue weighted by Gasteiger charge is 2.15. The Morgan fingerprint density at radius 2 is 2.11 bits per heavy atom. The summed E-state index contributed by atoms with van der Waals surface area (Å²) in [6, 6.07) is -0.849. The van der Waals surface area contributed by atoms with Gasteiger partial charge in [0, 0.05) is 5.25 Å². The van der Waals surface area contributed by atoms with Crippen molar-refractivity contribution >= 4 is 31.0 Å². The third-order valence-electron chi connectivity index (χ3n) is 0.805. The van der Waals surface area contributed by atoms with Crippen LogP contribution in [0.3, 0.4) is 0 Å². The van der Waals surface area contributed by atoms with Crippen molar-refractivity contribution in [1.29, 1.82) is 0 Å². The van der Waals surface area contributed by atoms with Gasteiger partial charge in [0.2, 0.25) is 0 Å². The molecular formula is C4H10ClNO2S. The van der Waals surface area contributed by atoms with Crippen molar-refractivity contribution in [2.75, 3.05) is 0 Å². The first-order chi connectivity index (χ1) is 3.55. The Bertz CT molecular complexity index is 98.6. The second kappa shape index (κ2) is 4.90. The Morgan fingerprint density at radius 3 is 2.11 bits per heavy atom. The Labute approximate surface area is 65.4 Å². The number of nitrogens with two attached hydrogens (primary N) is 1. The Balaban J connectivity index is 0. The Kier molecular flexibility index (Phi) is 6.44. The molecule has 5 heteroatoms.